The van der Waals surface area contributed by atoms with E-state index < -0.39 is 9.84 Å². The Balaban J connectivity index is 2.30. The molecule has 1 saturated heterocycles. The maximum absolute atomic E-state index is 11.4. The third kappa shape index (κ3) is 2.36. The van der Waals surface area contributed by atoms with Gasteiger partial charge in [-0.2, -0.15) is 0 Å². The van der Waals surface area contributed by atoms with Crippen molar-refractivity contribution in [3.8, 4) is 0 Å². The van der Waals surface area contributed by atoms with Gasteiger partial charge in [-0.15, -0.1) is 0 Å². The molecule has 1 atom stereocenters. The normalized spacial score (nSPS) is 21.4. The molecule has 0 spiro atoms. The highest BCUT2D eigenvalue weighted by atomic mass is 32.2. The second-order valence-electron chi connectivity index (χ2n) is 4.26. The number of nitrogens with zero attached hydrogens (tertiary/aromatic N) is 1. The molecule has 1 unspecified atom stereocenters. The summed E-state index contributed by atoms with van der Waals surface area (Å²) < 4.78 is 22.8. The van der Waals surface area contributed by atoms with E-state index in [1.54, 1.807) is 18.2 Å². The van der Waals surface area contributed by atoms with Crippen LogP contribution in [0.15, 0.2) is 29.2 Å². The van der Waals surface area contributed by atoms with Gasteiger partial charge in [-0.3, -0.25) is 0 Å². The molecular weight excluding hydrogens is 224 g/mol. The molecule has 5 heteroatoms. The minimum Gasteiger partial charge on any atom is -0.370 e. The minimum atomic E-state index is -3.13. The Labute approximate surface area is 96.0 Å². The maximum atomic E-state index is 11.4. The molecule has 1 heterocycles. The van der Waals surface area contributed by atoms with Gasteiger partial charge in [-0.25, -0.2) is 8.42 Å². The average Bonchev–Trinajstić information content (AvgIpc) is 2.64. The molecule has 1 aromatic carbocycles. The molecule has 0 aliphatic carbocycles. The summed E-state index contributed by atoms with van der Waals surface area (Å²) in [4.78, 5) is 2.49. The van der Waals surface area contributed by atoms with E-state index in [0.29, 0.717) is 4.90 Å². The van der Waals surface area contributed by atoms with Gasteiger partial charge in [0, 0.05) is 31.1 Å². The van der Waals surface area contributed by atoms with Gasteiger partial charge in [-0.05, 0) is 24.6 Å². The lowest BCUT2D eigenvalue weighted by Crippen LogP contribution is -2.26. The van der Waals surface area contributed by atoms with Gasteiger partial charge in [0.05, 0.1) is 4.90 Å². The highest BCUT2D eigenvalue weighted by Crippen LogP contribution is 2.22. The van der Waals surface area contributed by atoms with Crippen molar-refractivity contribution >= 4 is 15.5 Å². The lowest BCUT2D eigenvalue weighted by atomic mass is 10.3. The predicted molar refractivity (Wildman–Crippen MR) is 64.4 cm³/mol. The fourth-order valence-corrected chi connectivity index (χ4v) is 2.59. The molecular formula is C11H16N2O2S. The summed E-state index contributed by atoms with van der Waals surface area (Å²) in [5.74, 6) is 0. The zero-order valence-corrected chi connectivity index (χ0v) is 10.1. The van der Waals surface area contributed by atoms with Crippen molar-refractivity contribution in [1.82, 2.24) is 0 Å². The molecule has 16 heavy (non-hydrogen) atoms. The first-order valence-corrected chi connectivity index (χ1v) is 7.16. The first-order chi connectivity index (χ1) is 7.47. The molecule has 1 aliphatic heterocycles. The largest absolute Gasteiger partial charge is 0.370 e. The fourth-order valence-electron chi connectivity index (χ4n) is 1.93. The summed E-state index contributed by atoms with van der Waals surface area (Å²) in [6, 6.07) is 7.23. The molecule has 88 valence electrons. The third-order valence-electron chi connectivity index (χ3n) is 2.84. The van der Waals surface area contributed by atoms with E-state index in [1.807, 2.05) is 6.07 Å². The molecule has 2 rings (SSSR count). The molecule has 0 aromatic heterocycles. The minimum absolute atomic E-state index is 0.196. The lowest BCUT2D eigenvalue weighted by Gasteiger charge is -2.18. The van der Waals surface area contributed by atoms with Crippen molar-refractivity contribution in [2.75, 3.05) is 24.2 Å². The van der Waals surface area contributed by atoms with Gasteiger partial charge in [0.15, 0.2) is 9.84 Å². The smallest absolute Gasteiger partial charge is 0.175 e. The first-order valence-electron chi connectivity index (χ1n) is 5.27. The third-order valence-corrected chi connectivity index (χ3v) is 3.95. The summed E-state index contributed by atoms with van der Waals surface area (Å²) in [7, 11) is -3.13. The number of hydrogen-bond acceptors (Lipinski definition) is 4. The van der Waals surface area contributed by atoms with Crippen LogP contribution < -0.4 is 10.6 Å². The highest BCUT2D eigenvalue weighted by Gasteiger charge is 2.20. The van der Waals surface area contributed by atoms with E-state index in [-0.39, 0.29) is 6.04 Å². The average molecular weight is 240 g/mol. The van der Waals surface area contributed by atoms with E-state index in [0.717, 1.165) is 25.2 Å². The number of anilines is 1. The zero-order valence-electron chi connectivity index (χ0n) is 9.26. The highest BCUT2D eigenvalue weighted by molar-refractivity contribution is 7.90. The molecule has 4 nitrogen and oxygen atoms in total. The Kier molecular flexibility index (Phi) is 2.90. The van der Waals surface area contributed by atoms with Crippen LogP contribution in [0.3, 0.4) is 0 Å². The monoisotopic (exact) mass is 240 g/mol. The first kappa shape index (κ1) is 11.4. The number of nitrogens with two attached hydrogens (primary N) is 1. The number of hydrogen-bond donors (Lipinski definition) is 1. The van der Waals surface area contributed by atoms with Crippen molar-refractivity contribution in [3.63, 3.8) is 0 Å². The maximum Gasteiger partial charge on any atom is 0.175 e. The molecule has 0 radical (unpaired) electrons. The Bertz CT molecular complexity index is 485. The van der Waals surface area contributed by atoms with Crippen molar-refractivity contribution in [2.24, 2.45) is 5.73 Å². The van der Waals surface area contributed by atoms with Crippen LogP contribution >= 0.6 is 0 Å². The Hall–Kier alpha value is -1.07. The summed E-state index contributed by atoms with van der Waals surface area (Å²) in [6.07, 6.45) is 2.19. The Morgan fingerprint density at radius 3 is 2.75 bits per heavy atom. The van der Waals surface area contributed by atoms with E-state index in [4.69, 9.17) is 5.73 Å². The molecule has 0 amide bonds. The topological polar surface area (TPSA) is 63.4 Å². The van der Waals surface area contributed by atoms with Gasteiger partial charge >= 0.3 is 0 Å². The second kappa shape index (κ2) is 4.07. The molecule has 2 N–H and O–H groups in total. The summed E-state index contributed by atoms with van der Waals surface area (Å²) >= 11 is 0. The molecule has 1 aromatic rings. The fraction of sp³-hybridized carbons (Fsp3) is 0.455. The van der Waals surface area contributed by atoms with Gasteiger partial charge < -0.3 is 10.6 Å². The zero-order chi connectivity index (χ0) is 11.8. The van der Waals surface area contributed by atoms with Gasteiger partial charge in [0.25, 0.3) is 0 Å². The predicted octanol–water partition coefficient (Wildman–Crippen LogP) is 0.628. The van der Waals surface area contributed by atoms with E-state index >= 15 is 0 Å². The summed E-state index contributed by atoms with van der Waals surface area (Å²) in [5.41, 5.74) is 6.77. The van der Waals surface area contributed by atoms with Gasteiger partial charge in [-0.1, -0.05) is 6.07 Å². The van der Waals surface area contributed by atoms with Crippen LogP contribution in [0, 0.1) is 0 Å². The Morgan fingerprint density at radius 1 is 1.44 bits per heavy atom. The van der Waals surface area contributed by atoms with Crippen molar-refractivity contribution in [1.29, 1.82) is 0 Å². The number of rotatable bonds is 2. The lowest BCUT2D eigenvalue weighted by molar-refractivity contribution is 0.602. The number of benzene rings is 1. The van der Waals surface area contributed by atoms with Crippen LogP contribution in [0.2, 0.25) is 0 Å². The van der Waals surface area contributed by atoms with Crippen LogP contribution in [-0.2, 0) is 9.84 Å². The second-order valence-corrected chi connectivity index (χ2v) is 6.28. The van der Waals surface area contributed by atoms with Crippen LogP contribution in [0.25, 0.3) is 0 Å². The van der Waals surface area contributed by atoms with Crippen molar-refractivity contribution in [2.45, 2.75) is 17.4 Å². The van der Waals surface area contributed by atoms with Crippen LogP contribution in [0.5, 0.6) is 0 Å². The van der Waals surface area contributed by atoms with Gasteiger partial charge in [0.1, 0.15) is 0 Å². The SMILES string of the molecule is CS(=O)(=O)c1cccc(N2CCC(N)C2)c1. The van der Waals surface area contributed by atoms with E-state index in [9.17, 15) is 8.42 Å². The van der Waals surface area contributed by atoms with Crippen LogP contribution in [0.4, 0.5) is 5.69 Å². The quantitative estimate of drug-likeness (QED) is 0.823. The number of sulfone groups is 1. The molecule has 0 bridgehead atoms. The van der Waals surface area contributed by atoms with Crippen LogP contribution in [-0.4, -0.2) is 33.8 Å². The van der Waals surface area contributed by atoms with Crippen molar-refractivity contribution < 1.29 is 8.42 Å². The van der Waals surface area contributed by atoms with E-state index in [2.05, 4.69) is 4.90 Å². The molecule has 1 aliphatic rings. The van der Waals surface area contributed by atoms with Crippen LogP contribution in [0.1, 0.15) is 6.42 Å². The molecule has 0 saturated carbocycles. The molecule has 1 fully saturated rings. The summed E-state index contributed by atoms with van der Waals surface area (Å²) in [6.45, 7) is 1.70. The van der Waals surface area contributed by atoms with Gasteiger partial charge in [0.2, 0.25) is 0 Å². The standard InChI is InChI=1S/C11H16N2O2S/c1-16(14,15)11-4-2-3-10(7-11)13-6-5-9(12)8-13/h2-4,7,9H,5-6,8,12H2,1H3. The van der Waals surface area contributed by atoms with E-state index in [1.165, 1.54) is 6.26 Å². The van der Waals surface area contributed by atoms with Crippen molar-refractivity contribution in [3.05, 3.63) is 24.3 Å². The Morgan fingerprint density at radius 2 is 2.19 bits per heavy atom. The summed E-state index contributed by atoms with van der Waals surface area (Å²) in [5, 5.41) is 0.